The fourth-order valence-corrected chi connectivity index (χ4v) is 1.36. The molecular formula is C15H22N2O3. The van der Waals surface area contributed by atoms with Gasteiger partial charge in [0.05, 0.1) is 0 Å². The van der Waals surface area contributed by atoms with Crippen molar-refractivity contribution in [1.82, 2.24) is 4.90 Å². The molecule has 110 valence electrons. The molecule has 0 fully saturated rings. The van der Waals surface area contributed by atoms with Gasteiger partial charge >= 0.3 is 0 Å². The van der Waals surface area contributed by atoms with Gasteiger partial charge in [0.2, 0.25) is 5.91 Å². The van der Waals surface area contributed by atoms with Crippen molar-refractivity contribution >= 4 is 17.5 Å². The first-order valence-electron chi connectivity index (χ1n) is 6.68. The SMILES string of the molecule is CCC(C)C(=O)Nc1ccc(OCC(=O)N(C)C)cc1. The first-order chi connectivity index (χ1) is 9.43. The van der Waals surface area contributed by atoms with Crippen LogP contribution in [0.1, 0.15) is 20.3 Å². The molecule has 0 aliphatic carbocycles. The number of benzene rings is 1. The molecule has 0 radical (unpaired) electrons. The number of nitrogens with one attached hydrogen (secondary N) is 1. The van der Waals surface area contributed by atoms with Gasteiger partial charge in [0, 0.05) is 25.7 Å². The van der Waals surface area contributed by atoms with Crippen molar-refractivity contribution in [2.24, 2.45) is 5.92 Å². The Balaban J connectivity index is 2.52. The summed E-state index contributed by atoms with van der Waals surface area (Å²) in [5, 5.41) is 2.83. The monoisotopic (exact) mass is 278 g/mol. The molecule has 1 N–H and O–H groups in total. The van der Waals surface area contributed by atoms with Gasteiger partial charge in [0.15, 0.2) is 6.61 Å². The number of amides is 2. The third-order valence-electron chi connectivity index (χ3n) is 3.04. The van der Waals surface area contributed by atoms with Crippen molar-refractivity contribution < 1.29 is 14.3 Å². The van der Waals surface area contributed by atoms with Gasteiger partial charge in [-0.15, -0.1) is 0 Å². The van der Waals surface area contributed by atoms with Crippen LogP contribution in [0.2, 0.25) is 0 Å². The number of hydrogen-bond donors (Lipinski definition) is 1. The third kappa shape index (κ3) is 4.91. The molecule has 1 rings (SSSR count). The van der Waals surface area contributed by atoms with E-state index in [2.05, 4.69) is 5.32 Å². The van der Waals surface area contributed by atoms with Gasteiger partial charge < -0.3 is 15.0 Å². The molecule has 1 atom stereocenters. The van der Waals surface area contributed by atoms with Gasteiger partial charge in [0.25, 0.3) is 5.91 Å². The zero-order valence-corrected chi connectivity index (χ0v) is 12.5. The smallest absolute Gasteiger partial charge is 0.259 e. The molecule has 0 spiro atoms. The van der Waals surface area contributed by atoms with Crippen molar-refractivity contribution in [2.75, 3.05) is 26.0 Å². The maximum atomic E-state index is 11.7. The summed E-state index contributed by atoms with van der Waals surface area (Å²) in [6.07, 6.45) is 0.805. The zero-order chi connectivity index (χ0) is 15.1. The largest absolute Gasteiger partial charge is 0.484 e. The van der Waals surface area contributed by atoms with Crippen molar-refractivity contribution in [1.29, 1.82) is 0 Å². The highest BCUT2D eigenvalue weighted by Crippen LogP contribution is 2.16. The second kappa shape index (κ2) is 7.53. The first-order valence-corrected chi connectivity index (χ1v) is 6.68. The van der Waals surface area contributed by atoms with Gasteiger partial charge in [0.1, 0.15) is 5.75 Å². The maximum Gasteiger partial charge on any atom is 0.259 e. The van der Waals surface area contributed by atoms with Crippen LogP contribution in [0.3, 0.4) is 0 Å². The molecule has 1 aromatic rings. The van der Waals surface area contributed by atoms with E-state index >= 15 is 0 Å². The van der Waals surface area contributed by atoms with Crippen molar-refractivity contribution in [3.63, 3.8) is 0 Å². The van der Waals surface area contributed by atoms with E-state index in [4.69, 9.17) is 4.74 Å². The fourth-order valence-electron chi connectivity index (χ4n) is 1.36. The van der Waals surface area contributed by atoms with Gasteiger partial charge in [-0.25, -0.2) is 0 Å². The molecular weight excluding hydrogens is 256 g/mol. The van der Waals surface area contributed by atoms with E-state index in [-0.39, 0.29) is 24.3 Å². The Kier molecular flexibility index (Phi) is 6.03. The number of carbonyl (C=O) groups excluding carboxylic acids is 2. The summed E-state index contributed by atoms with van der Waals surface area (Å²) in [4.78, 5) is 24.6. The molecule has 0 aliphatic rings. The molecule has 5 heteroatoms. The summed E-state index contributed by atoms with van der Waals surface area (Å²) in [7, 11) is 3.36. The van der Waals surface area contributed by atoms with Gasteiger partial charge in [-0.3, -0.25) is 9.59 Å². The summed E-state index contributed by atoms with van der Waals surface area (Å²) < 4.78 is 5.35. The quantitative estimate of drug-likeness (QED) is 0.867. The number of nitrogens with zero attached hydrogens (tertiary/aromatic N) is 1. The van der Waals surface area contributed by atoms with Crippen molar-refractivity contribution in [3.05, 3.63) is 24.3 Å². The molecule has 0 heterocycles. The summed E-state index contributed by atoms with van der Waals surface area (Å²) in [6.45, 7) is 3.87. The van der Waals surface area contributed by atoms with Crippen LogP contribution in [0, 0.1) is 5.92 Å². The number of likely N-dealkylation sites (N-methyl/N-ethyl adjacent to an activating group) is 1. The second-order valence-corrected chi connectivity index (χ2v) is 4.90. The predicted molar refractivity (Wildman–Crippen MR) is 78.7 cm³/mol. The maximum absolute atomic E-state index is 11.7. The number of carbonyl (C=O) groups is 2. The summed E-state index contributed by atoms with van der Waals surface area (Å²) in [5.74, 6) is 0.494. The zero-order valence-electron chi connectivity index (χ0n) is 12.5. The third-order valence-corrected chi connectivity index (χ3v) is 3.04. The minimum atomic E-state index is -0.0980. The van der Waals surface area contributed by atoms with Crippen LogP contribution in [-0.4, -0.2) is 37.4 Å². The van der Waals surface area contributed by atoms with Crippen LogP contribution in [-0.2, 0) is 9.59 Å². The lowest BCUT2D eigenvalue weighted by Gasteiger charge is -2.12. The Morgan fingerprint density at radius 3 is 2.35 bits per heavy atom. The van der Waals surface area contributed by atoms with Crippen LogP contribution in [0.25, 0.3) is 0 Å². The fraction of sp³-hybridized carbons (Fsp3) is 0.467. The molecule has 0 bridgehead atoms. The lowest BCUT2D eigenvalue weighted by molar-refractivity contribution is -0.130. The molecule has 20 heavy (non-hydrogen) atoms. The average Bonchev–Trinajstić information content (AvgIpc) is 2.45. The Morgan fingerprint density at radius 1 is 1.25 bits per heavy atom. The first kappa shape index (κ1) is 16.0. The molecule has 1 unspecified atom stereocenters. The highest BCUT2D eigenvalue weighted by Gasteiger charge is 2.10. The van der Waals surface area contributed by atoms with Gasteiger partial charge in [-0.05, 0) is 30.7 Å². The average molecular weight is 278 g/mol. The van der Waals surface area contributed by atoms with Crippen molar-refractivity contribution in [2.45, 2.75) is 20.3 Å². The summed E-state index contributed by atoms with van der Waals surface area (Å²) in [5.41, 5.74) is 0.724. The lowest BCUT2D eigenvalue weighted by Crippen LogP contribution is -2.27. The van der Waals surface area contributed by atoms with E-state index in [0.717, 1.165) is 12.1 Å². The van der Waals surface area contributed by atoms with Crippen LogP contribution in [0.5, 0.6) is 5.75 Å². The molecule has 0 saturated carbocycles. The highest BCUT2D eigenvalue weighted by molar-refractivity contribution is 5.92. The van der Waals surface area contributed by atoms with Gasteiger partial charge in [-0.1, -0.05) is 13.8 Å². The molecule has 0 aromatic heterocycles. The number of hydrogen-bond acceptors (Lipinski definition) is 3. The molecule has 0 aliphatic heterocycles. The van der Waals surface area contributed by atoms with E-state index < -0.39 is 0 Å². The van der Waals surface area contributed by atoms with E-state index in [0.29, 0.717) is 5.75 Å². The van der Waals surface area contributed by atoms with E-state index in [1.807, 2.05) is 13.8 Å². The summed E-state index contributed by atoms with van der Waals surface area (Å²) in [6, 6.07) is 6.98. The minimum Gasteiger partial charge on any atom is -0.484 e. The number of ether oxygens (including phenoxy) is 1. The number of rotatable bonds is 6. The summed E-state index contributed by atoms with van der Waals surface area (Å²) >= 11 is 0. The Bertz CT molecular complexity index is 455. The minimum absolute atomic E-state index is 0.00366. The number of anilines is 1. The molecule has 0 saturated heterocycles. The lowest BCUT2D eigenvalue weighted by atomic mass is 10.1. The van der Waals surface area contributed by atoms with Crippen LogP contribution in [0.15, 0.2) is 24.3 Å². The van der Waals surface area contributed by atoms with Crippen LogP contribution < -0.4 is 10.1 Å². The van der Waals surface area contributed by atoms with E-state index in [9.17, 15) is 9.59 Å². The predicted octanol–water partition coefficient (Wildman–Crippen LogP) is 2.14. The molecule has 5 nitrogen and oxygen atoms in total. The van der Waals surface area contributed by atoms with Gasteiger partial charge in [-0.2, -0.15) is 0 Å². The van der Waals surface area contributed by atoms with Crippen LogP contribution in [0.4, 0.5) is 5.69 Å². The Hall–Kier alpha value is -2.04. The van der Waals surface area contributed by atoms with Crippen molar-refractivity contribution in [3.8, 4) is 5.75 Å². The standard InChI is InChI=1S/C15H22N2O3/c1-5-11(2)15(19)16-12-6-8-13(9-7-12)20-10-14(18)17(3)4/h6-9,11H,5,10H2,1-4H3,(H,16,19). The Morgan fingerprint density at radius 2 is 1.85 bits per heavy atom. The Labute approximate surface area is 119 Å². The van der Waals surface area contributed by atoms with E-state index in [1.165, 1.54) is 4.90 Å². The topological polar surface area (TPSA) is 58.6 Å². The molecule has 1 aromatic carbocycles. The normalized spacial score (nSPS) is 11.6. The molecule has 2 amide bonds. The second-order valence-electron chi connectivity index (χ2n) is 4.90. The van der Waals surface area contributed by atoms with Crippen LogP contribution >= 0.6 is 0 Å². The highest BCUT2D eigenvalue weighted by atomic mass is 16.5. The van der Waals surface area contributed by atoms with E-state index in [1.54, 1.807) is 38.4 Å².